The van der Waals surface area contributed by atoms with Gasteiger partial charge in [0.1, 0.15) is 5.44 Å². The van der Waals surface area contributed by atoms with E-state index in [-0.39, 0.29) is 12.0 Å². The van der Waals surface area contributed by atoms with Gasteiger partial charge in [-0.05, 0) is 0 Å². The van der Waals surface area contributed by atoms with Crippen LogP contribution in [0.5, 0.6) is 0 Å². The molecule has 27 heavy (non-hydrogen) atoms. The Morgan fingerprint density at radius 1 is 0.556 bits per heavy atom. The van der Waals surface area contributed by atoms with Crippen LogP contribution in [0.2, 0.25) is 0 Å². The molecule has 164 valence electrons. The second-order valence-electron chi connectivity index (χ2n) is 5.16. The minimum absolute atomic E-state index is 0.0321. The quantitative estimate of drug-likeness (QED) is 0.136. The fourth-order valence-corrected chi connectivity index (χ4v) is 1.74. The van der Waals surface area contributed by atoms with Crippen molar-refractivity contribution in [2.24, 2.45) is 0 Å². The van der Waals surface area contributed by atoms with Crippen molar-refractivity contribution < 1.29 is 43.0 Å². The molecule has 0 aromatic rings. The van der Waals surface area contributed by atoms with E-state index in [1.807, 2.05) is 0 Å². The monoisotopic (exact) mass is 416 g/mol. The average molecular weight is 417 g/mol. The molecule has 10 heteroatoms. The third kappa shape index (κ3) is 24.0. The summed E-state index contributed by atoms with van der Waals surface area (Å²) in [6.45, 7) is 6.95. The first-order valence-corrected chi connectivity index (χ1v) is 9.68. The molecule has 0 aromatic carbocycles. The van der Waals surface area contributed by atoms with Gasteiger partial charge in [0.25, 0.3) is 0 Å². The number of aliphatic hydroxyl groups excluding tert-OH is 1. The first kappa shape index (κ1) is 27.0. The molecule has 1 unspecified atom stereocenters. The number of hydrogen-bond acceptors (Lipinski definition) is 10. The van der Waals surface area contributed by atoms with Gasteiger partial charge in [0.05, 0.1) is 99.1 Å². The molecule has 0 aromatic heterocycles. The highest BCUT2D eigenvalue weighted by atomic mass is 32.1. The van der Waals surface area contributed by atoms with E-state index >= 15 is 0 Å². The summed E-state index contributed by atoms with van der Waals surface area (Å²) in [5.74, 6) is 0. The maximum absolute atomic E-state index is 8.52. The summed E-state index contributed by atoms with van der Waals surface area (Å²) in [5, 5.41) is 8.52. The largest absolute Gasteiger partial charge is 0.394 e. The molecule has 1 atom stereocenters. The lowest BCUT2D eigenvalue weighted by Crippen LogP contribution is -2.16. The third-order valence-electron chi connectivity index (χ3n) is 3.00. The molecule has 0 saturated heterocycles. The van der Waals surface area contributed by atoms with Crippen molar-refractivity contribution in [1.82, 2.24) is 0 Å². The molecule has 0 bridgehead atoms. The summed E-state index contributed by atoms with van der Waals surface area (Å²) >= 11 is 4.13. The summed E-state index contributed by atoms with van der Waals surface area (Å²) in [6.07, 6.45) is 0. The maximum Gasteiger partial charge on any atom is 0.123 e. The van der Waals surface area contributed by atoms with Crippen molar-refractivity contribution in [3.05, 3.63) is 0 Å². The van der Waals surface area contributed by atoms with Crippen LogP contribution in [0.4, 0.5) is 0 Å². The highest BCUT2D eigenvalue weighted by Gasteiger charge is 1.99. The van der Waals surface area contributed by atoms with Gasteiger partial charge in [0.2, 0.25) is 0 Å². The summed E-state index contributed by atoms with van der Waals surface area (Å²) in [7, 11) is 1.59. The van der Waals surface area contributed by atoms with Crippen LogP contribution in [-0.2, 0) is 37.9 Å². The van der Waals surface area contributed by atoms with E-state index in [1.165, 1.54) is 0 Å². The Morgan fingerprint density at radius 2 is 0.852 bits per heavy atom. The van der Waals surface area contributed by atoms with Gasteiger partial charge >= 0.3 is 0 Å². The second-order valence-corrected chi connectivity index (χ2v) is 5.74. The Hall–Kier alpha value is -0.0100. The molecular weight excluding hydrogens is 380 g/mol. The van der Waals surface area contributed by atoms with Gasteiger partial charge in [-0.3, -0.25) is 0 Å². The van der Waals surface area contributed by atoms with Gasteiger partial charge in [-0.1, -0.05) is 0 Å². The number of hydrogen-bond donors (Lipinski definition) is 2. The Bertz CT molecular complexity index is 275. The zero-order valence-corrected chi connectivity index (χ0v) is 17.2. The molecule has 0 radical (unpaired) electrons. The molecule has 0 spiro atoms. The number of rotatable bonds is 23. The number of aliphatic hydroxyl groups is 1. The van der Waals surface area contributed by atoms with E-state index < -0.39 is 0 Å². The van der Waals surface area contributed by atoms with E-state index in [9.17, 15) is 0 Å². The Morgan fingerprint density at radius 3 is 1.15 bits per heavy atom. The van der Waals surface area contributed by atoms with E-state index in [0.717, 1.165) is 0 Å². The van der Waals surface area contributed by atoms with E-state index in [2.05, 4.69) is 12.6 Å². The Kier molecular flexibility index (Phi) is 24.0. The van der Waals surface area contributed by atoms with Crippen LogP contribution in [0.25, 0.3) is 0 Å². The predicted molar refractivity (Wildman–Crippen MR) is 103 cm³/mol. The Balaban J connectivity index is 2.99. The van der Waals surface area contributed by atoms with Crippen LogP contribution in [0.1, 0.15) is 0 Å². The highest BCUT2D eigenvalue weighted by molar-refractivity contribution is 7.80. The lowest BCUT2D eigenvalue weighted by Gasteiger charge is -2.10. The first-order valence-electron chi connectivity index (χ1n) is 9.17. The van der Waals surface area contributed by atoms with Crippen LogP contribution in [0.15, 0.2) is 0 Å². The minimum atomic E-state index is -0.199. The number of methoxy groups -OCH3 is 1. The summed E-state index contributed by atoms with van der Waals surface area (Å²) < 4.78 is 42.1. The highest BCUT2D eigenvalue weighted by Crippen LogP contribution is 1.95. The van der Waals surface area contributed by atoms with Gasteiger partial charge < -0.3 is 43.0 Å². The molecule has 0 aliphatic heterocycles. The topological polar surface area (TPSA) is 94.1 Å². The van der Waals surface area contributed by atoms with Crippen LogP contribution in [0.3, 0.4) is 0 Å². The molecule has 0 amide bonds. The van der Waals surface area contributed by atoms with Crippen LogP contribution in [-0.4, -0.2) is 117 Å². The first-order chi connectivity index (χ1) is 13.3. The van der Waals surface area contributed by atoms with Gasteiger partial charge in [0.15, 0.2) is 0 Å². The fraction of sp³-hybridized carbons (Fsp3) is 1.00. The summed E-state index contributed by atoms with van der Waals surface area (Å²) in [4.78, 5) is 0. The summed E-state index contributed by atoms with van der Waals surface area (Å²) in [6, 6.07) is 0. The molecular formula is C17H36O9S. The smallest absolute Gasteiger partial charge is 0.123 e. The van der Waals surface area contributed by atoms with E-state index in [0.29, 0.717) is 92.5 Å². The van der Waals surface area contributed by atoms with Gasteiger partial charge in [-0.2, -0.15) is 0 Å². The van der Waals surface area contributed by atoms with Crippen molar-refractivity contribution in [3.8, 4) is 0 Å². The van der Waals surface area contributed by atoms with Crippen molar-refractivity contribution in [2.75, 3.05) is 106 Å². The third-order valence-corrected chi connectivity index (χ3v) is 3.36. The molecule has 0 aliphatic rings. The van der Waals surface area contributed by atoms with Crippen molar-refractivity contribution in [2.45, 2.75) is 5.44 Å². The van der Waals surface area contributed by atoms with Crippen LogP contribution in [0, 0.1) is 0 Å². The van der Waals surface area contributed by atoms with Crippen LogP contribution < -0.4 is 0 Å². The molecule has 0 aliphatic carbocycles. The number of thiol groups is 1. The Labute approximate surface area is 167 Å². The zero-order valence-electron chi connectivity index (χ0n) is 16.3. The van der Waals surface area contributed by atoms with E-state index in [1.54, 1.807) is 7.11 Å². The summed E-state index contributed by atoms with van der Waals surface area (Å²) in [5.41, 5.74) is -0.199. The molecule has 1 N–H and O–H groups in total. The molecule has 0 saturated carbocycles. The predicted octanol–water partition coefficient (Wildman–Crippen LogP) is -0.00280. The fourth-order valence-electron chi connectivity index (χ4n) is 1.64. The van der Waals surface area contributed by atoms with Gasteiger partial charge in [-0.25, -0.2) is 0 Å². The molecule has 0 fully saturated rings. The molecule has 0 heterocycles. The zero-order chi connectivity index (χ0) is 19.8. The lowest BCUT2D eigenvalue weighted by molar-refractivity contribution is -0.0238. The lowest BCUT2D eigenvalue weighted by atomic mass is 10.6. The van der Waals surface area contributed by atoms with Gasteiger partial charge in [-0.15, -0.1) is 12.6 Å². The number of ether oxygens (including phenoxy) is 8. The molecule has 0 rings (SSSR count). The second kappa shape index (κ2) is 24.0. The standard InChI is InChI=1S/C17H36O9S/c1-19-17(27)16-26-15-14-25-13-12-24-11-10-23-9-8-22-7-6-21-5-4-20-3-2-18/h17-18,27H,2-16H2,1H3. The average Bonchev–Trinajstić information content (AvgIpc) is 2.68. The normalized spacial score (nSPS) is 12.6. The molecule has 9 nitrogen and oxygen atoms in total. The van der Waals surface area contributed by atoms with Gasteiger partial charge in [0, 0.05) is 7.11 Å². The van der Waals surface area contributed by atoms with Crippen LogP contribution >= 0.6 is 12.6 Å². The minimum Gasteiger partial charge on any atom is -0.394 e. The van der Waals surface area contributed by atoms with E-state index in [4.69, 9.17) is 43.0 Å². The van der Waals surface area contributed by atoms with Crippen molar-refractivity contribution in [1.29, 1.82) is 0 Å². The SMILES string of the molecule is COC(S)COCCOCCOCCOCCOCCOCCOCCO. The van der Waals surface area contributed by atoms with Crippen molar-refractivity contribution >= 4 is 12.6 Å². The maximum atomic E-state index is 8.52. The van der Waals surface area contributed by atoms with Crippen molar-refractivity contribution in [3.63, 3.8) is 0 Å².